The van der Waals surface area contributed by atoms with Gasteiger partial charge in [0.2, 0.25) is 5.76 Å². The Balaban J connectivity index is 1.44. The largest absolute Gasteiger partial charge is 0.350 e. The Bertz CT molecular complexity index is 722. The molecule has 1 aromatic heterocycles. The summed E-state index contributed by atoms with van der Waals surface area (Å²) in [5.41, 5.74) is 2.85. The molecule has 5 heteroatoms. The van der Waals surface area contributed by atoms with Crippen LogP contribution in [0.2, 0.25) is 0 Å². The number of nitrogens with one attached hydrogen (secondary N) is 1. The number of benzene rings is 1. The summed E-state index contributed by atoms with van der Waals surface area (Å²) >= 11 is 0. The van der Waals surface area contributed by atoms with Crippen molar-refractivity contribution in [3.63, 3.8) is 0 Å². The van der Waals surface area contributed by atoms with E-state index < -0.39 is 0 Å². The van der Waals surface area contributed by atoms with E-state index in [1.807, 2.05) is 31.2 Å². The third-order valence-corrected chi connectivity index (χ3v) is 5.25. The second-order valence-corrected chi connectivity index (χ2v) is 6.91. The predicted octanol–water partition coefficient (Wildman–Crippen LogP) is 3.01. The fraction of sp³-hybridized carbons (Fsp3) is 0.474. The zero-order valence-corrected chi connectivity index (χ0v) is 14.0. The lowest BCUT2D eigenvalue weighted by Gasteiger charge is -2.32. The van der Waals surface area contributed by atoms with Gasteiger partial charge >= 0.3 is 0 Å². The number of aromatic nitrogens is 1. The van der Waals surface area contributed by atoms with Crippen molar-refractivity contribution in [2.24, 2.45) is 0 Å². The first-order valence-electron chi connectivity index (χ1n) is 8.79. The highest BCUT2D eigenvalue weighted by molar-refractivity contribution is 5.92. The van der Waals surface area contributed by atoms with Crippen molar-refractivity contribution in [3.8, 4) is 11.3 Å². The first-order chi connectivity index (χ1) is 11.7. The number of fused-ring (bicyclic) bond motifs is 1. The molecule has 0 aliphatic carbocycles. The molecule has 0 radical (unpaired) electrons. The monoisotopic (exact) mass is 325 g/mol. The van der Waals surface area contributed by atoms with Crippen LogP contribution in [0.1, 0.15) is 41.8 Å². The molecule has 126 valence electrons. The van der Waals surface area contributed by atoms with E-state index in [1.54, 1.807) is 6.07 Å². The Labute approximate surface area is 142 Å². The minimum absolute atomic E-state index is 0.154. The van der Waals surface area contributed by atoms with Crippen molar-refractivity contribution in [2.75, 3.05) is 13.1 Å². The fourth-order valence-corrected chi connectivity index (χ4v) is 3.90. The number of rotatable bonds is 3. The normalized spacial score (nSPS) is 23.9. The van der Waals surface area contributed by atoms with E-state index in [-0.39, 0.29) is 11.9 Å². The highest BCUT2D eigenvalue weighted by atomic mass is 16.5. The molecule has 1 amide bonds. The molecule has 0 spiro atoms. The Morgan fingerprint density at radius 3 is 2.88 bits per heavy atom. The van der Waals surface area contributed by atoms with Gasteiger partial charge in [-0.1, -0.05) is 41.4 Å². The van der Waals surface area contributed by atoms with Crippen LogP contribution in [0.15, 0.2) is 34.9 Å². The van der Waals surface area contributed by atoms with Crippen LogP contribution < -0.4 is 5.32 Å². The van der Waals surface area contributed by atoms with Crippen molar-refractivity contribution in [1.82, 2.24) is 15.4 Å². The third kappa shape index (κ3) is 2.96. The summed E-state index contributed by atoms with van der Waals surface area (Å²) in [5.74, 6) is 0.137. The van der Waals surface area contributed by atoms with E-state index in [4.69, 9.17) is 4.52 Å². The average Bonchev–Trinajstić information content (AvgIpc) is 3.23. The van der Waals surface area contributed by atoms with E-state index in [0.717, 1.165) is 25.1 Å². The van der Waals surface area contributed by atoms with Crippen molar-refractivity contribution in [1.29, 1.82) is 0 Å². The van der Waals surface area contributed by atoms with Crippen molar-refractivity contribution >= 4 is 5.91 Å². The van der Waals surface area contributed by atoms with E-state index in [1.165, 1.54) is 24.8 Å². The summed E-state index contributed by atoms with van der Waals surface area (Å²) in [5, 5.41) is 7.20. The molecule has 2 saturated heterocycles. The van der Waals surface area contributed by atoms with E-state index >= 15 is 0 Å². The Morgan fingerprint density at radius 1 is 1.21 bits per heavy atom. The zero-order valence-electron chi connectivity index (χ0n) is 14.0. The Kier molecular flexibility index (Phi) is 4.10. The molecule has 24 heavy (non-hydrogen) atoms. The minimum atomic E-state index is -0.154. The van der Waals surface area contributed by atoms with Gasteiger partial charge in [-0.05, 0) is 32.7 Å². The lowest BCUT2D eigenvalue weighted by atomic mass is 9.99. The molecule has 5 nitrogen and oxygen atoms in total. The van der Waals surface area contributed by atoms with Gasteiger partial charge in [-0.25, -0.2) is 0 Å². The maximum atomic E-state index is 12.5. The van der Waals surface area contributed by atoms with Gasteiger partial charge in [0.25, 0.3) is 5.91 Å². The number of carbonyl (C=O) groups excluding carboxylic acids is 1. The van der Waals surface area contributed by atoms with Gasteiger partial charge in [0.1, 0.15) is 5.69 Å². The minimum Gasteiger partial charge on any atom is -0.350 e. The smallest absolute Gasteiger partial charge is 0.290 e. The van der Waals surface area contributed by atoms with Gasteiger partial charge in [-0.2, -0.15) is 0 Å². The van der Waals surface area contributed by atoms with E-state index in [9.17, 15) is 4.79 Å². The number of carbonyl (C=O) groups is 1. The fourth-order valence-electron chi connectivity index (χ4n) is 3.90. The Hall–Kier alpha value is -2.14. The predicted molar refractivity (Wildman–Crippen MR) is 91.8 cm³/mol. The quantitative estimate of drug-likeness (QED) is 0.942. The molecule has 2 aromatic rings. The van der Waals surface area contributed by atoms with Gasteiger partial charge < -0.3 is 9.84 Å². The van der Waals surface area contributed by atoms with Gasteiger partial charge in [-0.15, -0.1) is 0 Å². The first kappa shape index (κ1) is 15.4. The molecule has 2 atom stereocenters. The van der Waals surface area contributed by atoms with Crippen molar-refractivity contribution in [2.45, 2.75) is 44.7 Å². The van der Waals surface area contributed by atoms with Crippen LogP contribution in [0.25, 0.3) is 11.3 Å². The molecule has 0 bridgehead atoms. The van der Waals surface area contributed by atoms with E-state index in [2.05, 4.69) is 15.4 Å². The maximum Gasteiger partial charge on any atom is 0.290 e. The number of aryl methyl sites for hydroxylation is 1. The van der Waals surface area contributed by atoms with Crippen molar-refractivity contribution in [3.05, 3.63) is 41.7 Å². The van der Waals surface area contributed by atoms with Crippen LogP contribution in [0.4, 0.5) is 0 Å². The number of hydrogen-bond acceptors (Lipinski definition) is 4. The van der Waals surface area contributed by atoms with Crippen LogP contribution in [0.5, 0.6) is 0 Å². The highest BCUT2D eigenvalue weighted by Crippen LogP contribution is 2.27. The second-order valence-electron chi connectivity index (χ2n) is 6.91. The number of amides is 1. The molecule has 1 N–H and O–H groups in total. The highest BCUT2D eigenvalue weighted by Gasteiger charge is 2.36. The summed E-state index contributed by atoms with van der Waals surface area (Å²) in [6.45, 7) is 4.29. The SMILES string of the molecule is Cc1ccc(-c2cc(C(=O)N[C@H]3CCN4CCCC[C@@H]34)on2)cc1. The molecule has 2 aliphatic heterocycles. The van der Waals surface area contributed by atoms with Crippen molar-refractivity contribution < 1.29 is 9.32 Å². The molecule has 3 heterocycles. The van der Waals surface area contributed by atoms with Gasteiger partial charge in [0.05, 0.1) is 0 Å². The molecule has 1 aromatic carbocycles. The topological polar surface area (TPSA) is 58.4 Å². The summed E-state index contributed by atoms with van der Waals surface area (Å²) < 4.78 is 5.28. The lowest BCUT2D eigenvalue weighted by Crippen LogP contribution is -2.46. The molecule has 2 aliphatic rings. The molecule has 4 rings (SSSR count). The number of hydrogen-bond donors (Lipinski definition) is 1. The van der Waals surface area contributed by atoms with E-state index in [0.29, 0.717) is 17.5 Å². The molecular weight excluding hydrogens is 302 g/mol. The summed E-state index contributed by atoms with van der Waals surface area (Å²) in [7, 11) is 0. The Morgan fingerprint density at radius 2 is 2.04 bits per heavy atom. The molecule has 0 saturated carbocycles. The average molecular weight is 325 g/mol. The molecule has 0 unspecified atom stereocenters. The van der Waals surface area contributed by atoms with Crippen LogP contribution in [-0.2, 0) is 0 Å². The molecular formula is C19H23N3O2. The van der Waals surface area contributed by atoms with Crippen LogP contribution in [0, 0.1) is 6.92 Å². The standard InChI is InChI=1S/C19H23N3O2/c1-13-5-7-14(8-6-13)16-12-18(24-21-16)19(23)20-15-9-11-22-10-3-2-4-17(15)22/h5-8,12,15,17H,2-4,9-11H2,1H3,(H,20,23)/t15-,17-/m0/s1. The van der Waals surface area contributed by atoms with Crippen LogP contribution >= 0.6 is 0 Å². The van der Waals surface area contributed by atoms with Crippen LogP contribution in [0.3, 0.4) is 0 Å². The summed E-state index contributed by atoms with van der Waals surface area (Å²) in [4.78, 5) is 15.0. The number of piperidine rings is 1. The summed E-state index contributed by atoms with van der Waals surface area (Å²) in [6.07, 6.45) is 4.73. The third-order valence-electron chi connectivity index (χ3n) is 5.25. The van der Waals surface area contributed by atoms with Gasteiger partial charge in [-0.3, -0.25) is 9.69 Å². The second kappa shape index (κ2) is 6.40. The van der Waals surface area contributed by atoms with Gasteiger partial charge in [0, 0.05) is 30.3 Å². The first-order valence-corrected chi connectivity index (χ1v) is 8.79. The number of nitrogens with zero attached hydrogens (tertiary/aromatic N) is 2. The maximum absolute atomic E-state index is 12.5. The summed E-state index contributed by atoms with van der Waals surface area (Å²) in [6, 6.07) is 10.5. The van der Waals surface area contributed by atoms with Crippen LogP contribution in [-0.4, -0.2) is 41.1 Å². The lowest BCUT2D eigenvalue weighted by molar-refractivity contribution is 0.0878. The van der Waals surface area contributed by atoms with Gasteiger partial charge in [0.15, 0.2) is 0 Å². The zero-order chi connectivity index (χ0) is 16.5. The molecule has 2 fully saturated rings.